The van der Waals surface area contributed by atoms with Crippen molar-refractivity contribution in [3.05, 3.63) is 27.9 Å². The molecule has 1 aliphatic rings. The molecule has 138 valence electrons. The highest BCUT2D eigenvalue weighted by molar-refractivity contribution is 7.19. The van der Waals surface area contributed by atoms with Gasteiger partial charge in [-0.3, -0.25) is 0 Å². The highest BCUT2D eigenvalue weighted by Gasteiger charge is 2.22. The molecule has 7 heteroatoms. The molecular formula is C19H25N5OS. The smallest absolute Gasteiger partial charge is 0.254 e. The molecule has 0 amide bonds. The minimum Gasteiger partial charge on any atom is -0.391 e. The van der Waals surface area contributed by atoms with Crippen LogP contribution in [0.1, 0.15) is 48.0 Å². The van der Waals surface area contributed by atoms with E-state index in [1.165, 1.54) is 23.3 Å². The number of anilines is 1. The maximum absolute atomic E-state index is 9.99. The van der Waals surface area contributed by atoms with Gasteiger partial charge in [0, 0.05) is 17.1 Å². The summed E-state index contributed by atoms with van der Waals surface area (Å²) >= 11 is 1.78. The van der Waals surface area contributed by atoms with E-state index in [4.69, 9.17) is 9.97 Å². The lowest BCUT2D eigenvalue weighted by Gasteiger charge is -2.15. The molecule has 0 fully saturated rings. The highest BCUT2D eigenvalue weighted by Crippen LogP contribution is 2.39. The highest BCUT2D eigenvalue weighted by atomic mass is 32.1. The second-order valence-electron chi connectivity index (χ2n) is 7.05. The Labute approximate surface area is 157 Å². The first-order valence-electron chi connectivity index (χ1n) is 9.34. The Hall–Kier alpha value is -1.99. The summed E-state index contributed by atoms with van der Waals surface area (Å²) in [6.07, 6.45) is 5.01. The second kappa shape index (κ2) is 6.96. The van der Waals surface area contributed by atoms with Gasteiger partial charge in [0.25, 0.3) is 5.95 Å². The molecule has 0 aromatic carbocycles. The maximum Gasteiger partial charge on any atom is 0.254 e. The first-order valence-corrected chi connectivity index (χ1v) is 10.2. The zero-order valence-corrected chi connectivity index (χ0v) is 16.4. The van der Waals surface area contributed by atoms with Crippen molar-refractivity contribution in [2.75, 3.05) is 11.9 Å². The summed E-state index contributed by atoms with van der Waals surface area (Å²) in [5, 5.41) is 19.0. The molecule has 1 atom stereocenters. The summed E-state index contributed by atoms with van der Waals surface area (Å²) < 4.78 is 1.80. The van der Waals surface area contributed by atoms with Crippen LogP contribution in [-0.2, 0) is 12.8 Å². The molecule has 0 radical (unpaired) electrons. The largest absolute Gasteiger partial charge is 0.391 e. The summed E-state index contributed by atoms with van der Waals surface area (Å²) in [5.41, 5.74) is 3.36. The van der Waals surface area contributed by atoms with Gasteiger partial charge in [0.05, 0.1) is 17.2 Å². The van der Waals surface area contributed by atoms with Gasteiger partial charge in [-0.15, -0.1) is 11.3 Å². The van der Waals surface area contributed by atoms with Crippen molar-refractivity contribution >= 4 is 27.4 Å². The van der Waals surface area contributed by atoms with E-state index < -0.39 is 0 Å². The summed E-state index contributed by atoms with van der Waals surface area (Å²) in [6.45, 7) is 6.46. The molecule has 0 saturated heterocycles. The Kier molecular flexibility index (Phi) is 4.67. The summed E-state index contributed by atoms with van der Waals surface area (Å²) in [7, 11) is 0. The van der Waals surface area contributed by atoms with Gasteiger partial charge in [-0.05, 0) is 57.6 Å². The molecule has 0 saturated carbocycles. The van der Waals surface area contributed by atoms with Crippen molar-refractivity contribution in [2.24, 2.45) is 0 Å². The average molecular weight is 372 g/mol. The number of aromatic nitrogens is 4. The number of rotatable bonds is 5. The fourth-order valence-corrected chi connectivity index (χ4v) is 4.82. The van der Waals surface area contributed by atoms with E-state index in [1.807, 2.05) is 26.8 Å². The number of hydrogen-bond donors (Lipinski definition) is 2. The first-order chi connectivity index (χ1) is 12.6. The van der Waals surface area contributed by atoms with Crippen LogP contribution in [0.15, 0.2) is 6.07 Å². The summed E-state index contributed by atoms with van der Waals surface area (Å²) in [5.74, 6) is 1.42. The number of thiophene rings is 1. The monoisotopic (exact) mass is 371 g/mol. The molecule has 3 aromatic rings. The number of fused-ring (bicyclic) bond motifs is 3. The number of aryl methyl sites for hydroxylation is 4. The normalized spacial score (nSPS) is 15.2. The molecule has 6 nitrogen and oxygen atoms in total. The summed E-state index contributed by atoms with van der Waals surface area (Å²) in [6, 6.07) is 2.03. The van der Waals surface area contributed by atoms with Crippen LogP contribution in [0.4, 0.5) is 5.82 Å². The van der Waals surface area contributed by atoms with E-state index >= 15 is 0 Å². The lowest BCUT2D eigenvalue weighted by atomic mass is 9.97. The zero-order chi connectivity index (χ0) is 18.3. The standard InChI is InChI=1S/C19H25N5OS/c1-4-13(25)10-20-17-16-14-7-5-6-8-15(14)26-18(16)22-19(21-17)24-12(3)9-11(2)23-24/h9,13,25H,4-8,10H2,1-3H3,(H,20,21,22)/t13-/m1/s1. The molecule has 2 N–H and O–H groups in total. The number of aliphatic hydroxyl groups excluding tert-OH is 1. The van der Waals surface area contributed by atoms with E-state index in [-0.39, 0.29) is 6.10 Å². The number of nitrogens with one attached hydrogen (secondary N) is 1. The van der Waals surface area contributed by atoms with Gasteiger partial charge in [0.15, 0.2) is 0 Å². The first kappa shape index (κ1) is 17.4. The Morgan fingerprint density at radius 2 is 2.08 bits per heavy atom. The van der Waals surface area contributed by atoms with Crippen LogP contribution in [0, 0.1) is 13.8 Å². The molecule has 3 aromatic heterocycles. The Morgan fingerprint density at radius 1 is 1.27 bits per heavy atom. The van der Waals surface area contributed by atoms with Crippen LogP contribution in [0.3, 0.4) is 0 Å². The third kappa shape index (κ3) is 3.10. The Balaban J connectivity index is 1.86. The summed E-state index contributed by atoms with van der Waals surface area (Å²) in [4.78, 5) is 12.1. The van der Waals surface area contributed by atoms with Gasteiger partial charge in [-0.2, -0.15) is 15.1 Å². The molecule has 4 rings (SSSR count). The van der Waals surface area contributed by atoms with Crippen LogP contribution in [-0.4, -0.2) is 37.5 Å². The zero-order valence-electron chi connectivity index (χ0n) is 15.5. The molecule has 0 bridgehead atoms. The van der Waals surface area contributed by atoms with E-state index in [0.717, 1.165) is 40.3 Å². The SMILES string of the molecule is CC[C@@H](O)CNc1nc(-n2nc(C)cc2C)nc2sc3c(c12)CCCC3. The van der Waals surface area contributed by atoms with Crippen LogP contribution in [0.25, 0.3) is 16.2 Å². The van der Waals surface area contributed by atoms with Gasteiger partial charge in [-0.1, -0.05) is 6.92 Å². The molecular weight excluding hydrogens is 346 g/mol. The van der Waals surface area contributed by atoms with Gasteiger partial charge in [-0.25, -0.2) is 4.68 Å². The van der Waals surface area contributed by atoms with Crippen LogP contribution in [0.5, 0.6) is 0 Å². The average Bonchev–Trinajstić information content (AvgIpc) is 3.18. The van der Waals surface area contributed by atoms with Crippen molar-refractivity contribution in [3.63, 3.8) is 0 Å². The van der Waals surface area contributed by atoms with Crippen LogP contribution < -0.4 is 5.32 Å². The third-order valence-electron chi connectivity index (χ3n) is 4.98. The van der Waals surface area contributed by atoms with E-state index in [9.17, 15) is 5.11 Å². The molecule has 0 spiro atoms. The predicted octanol–water partition coefficient (Wildman–Crippen LogP) is 3.56. The van der Waals surface area contributed by atoms with Gasteiger partial charge in [0.2, 0.25) is 0 Å². The van der Waals surface area contributed by atoms with Crippen molar-refractivity contribution < 1.29 is 5.11 Å². The fraction of sp³-hybridized carbons (Fsp3) is 0.526. The number of nitrogens with zero attached hydrogens (tertiary/aromatic N) is 4. The van der Waals surface area contributed by atoms with Crippen LogP contribution in [0.2, 0.25) is 0 Å². The number of hydrogen-bond acceptors (Lipinski definition) is 6. The van der Waals surface area contributed by atoms with Crippen molar-refractivity contribution in [3.8, 4) is 5.95 Å². The minimum absolute atomic E-state index is 0.383. The van der Waals surface area contributed by atoms with E-state index in [2.05, 4.69) is 10.4 Å². The lowest BCUT2D eigenvalue weighted by molar-refractivity contribution is 0.183. The van der Waals surface area contributed by atoms with E-state index in [1.54, 1.807) is 16.0 Å². The molecule has 3 heterocycles. The van der Waals surface area contributed by atoms with Crippen molar-refractivity contribution in [2.45, 2.75) is 59.0 Å². The quantitative estimate of drug-likeness (QED) is 0.717. The molecule has 0 aliphatic heterocycles. The number of aliphatic hydroxyl groups is 1. The van der Waals surface area contributed by atoms with Crippen molar-refractivity contribution in [1.82, 2.24) is 19.7 Å². The van der Waals surface area contributed by atoms with Crippen LogP contribution >= 0.6 is 11.3 Å². The predicted molar refractivity (Wildman–Crippen MR) is 105 cm³/mol. The van der Waals surface area contributed by atoms with Gasteiger partial charge < -0.3 is 10.4 Å². The third-order valence-corrected chi connectivity index (χ3v) is 6.16. The van der Waals surface area contributed by atoms with Gasteiger partial charge in [0.1, 0.15) is 10.6 Å². The van der Waals surface area contributed by atoms with Gasteiger partial charge >= 0.3 is 0 Å². The van der Waals surface area contributed by atoms with E-state index in [0.29, 0.717) is 18.9 Å². The fourth-order valence-electron chi connectivity index (χ4n) is 3.56. The Bertz CT molecular complexity index is 945. The minimum atomic E-state index is -0.383. The molecule has 1 aliphatic carbocycles. The molecule has 0 unspecified atom stereocenters. The topological polar surface area (TPSA) is 75.9 Å². The maximum atomic E-state index is 9.99. The molecule has 26 heavy (non-hydrogen) atoms. The second-order valence-corrected chi connectivity index (χ2v) is 8.13. The van der Waals surface area contributed by atoms with Crippen molar-refractivity contribution in [1.29, 1.82) is 0 Å². The Morgan fingerprint density at radius 3 is 2.81 bits per heavy atom. The lowest BCUT2D eigenvalue weighted by Crippen LogP contribution is -2.20.